The Kier molecular flexibility index (Phi) is 16.4. The average Bonchev–Trinajstić information content (AvgIpc) is 1.37. The van der Waals surface area contributed by atoms with E-state index in [4.69, 9.17) is 0 Å². The molecule has 0 amide bonds. The standard InChI is InChI=1S/C3H5.BrH.Zn/c1-3-2;;/h1,3H,2H3;1H;. The quantitative estimate of drug-likeness (QED) is 0.506. The van der Waals surface area contributed by atoms with Gasteiger partial charge in [0.05, 0.1) is 0 Å². The van der Waals surface area contributed by atoms with Crippen LogP contribution in [0.2, 0.25) is 0 Å². The van der Waals surface area contributed by atoms with E-state index in [9.17, 15) is 0 Å². The topological polar surface area (TPSA) is 0 Å². The molecule has 0 aliphatic carbocycles. The monoisotopic (exact) mass is 185 g/mol. The molecule has 0 aromatic rings. The molecule has 0 aromatic heterocycles. The fourth-order valence-electron chi connectivity index (χ4n) is 0. The zero-order valence-corrected chi connectivity index (χ0v) is 7.95. The third-order valence-electron chi connectivity index (χ3n) is 0.236. The molecule has 0 saturated heterocycles. The van der Waals surface area contributed by atoms with Crippen molar-refractivity contribution in [3.05, 3.63) is 10.7 Å². The van der Waals surface area contributed by atoms with E-state index in [-0.39, 0.29) is 17.0 Å². The van der Waals surface area contributed by atoms with Crippen LogP contribution in [0.1, 0.15) is 6.92 Å². The van der Waals surface area contributed by atoms with E-state index in [1.54, 1.807) is 0 Å². The zero-order valence-electron chi connectivity index (χ0n) is 3.27. The van der Waals surface area contributed by atoms with Crippen LogP contribution in [-0.4, -0.2) is 0 Å². The van der Waals surface area contributed by atoms with Gasteiger partial charge in [0.15, 0.2) is 0 Å². The Labute approximate surface area is 53.1 Å². The summed E-state index contributed by atoms with van der Waals surface area (Å²) in [4.78, 5) is 0. The van der Waals surface area contributed by atoms with Crippen molar-refractivity contribution in [2.45, 2.75) is 6.92 Å². The SMILES string of the molecule is Br.CC=[CH][Zn]. The molecule has 0 fully saturated rings. The molecule has 0 bridgehead atoms. The van der Waals surface area contributed by atoms with Crippen LogP contribution >= 0.6 is 17.0 Å². The van der Waals surface area contributed by atoms with Crippen LogP contribution < -0.4 is 0 Å². The first-order chi connectivity index (χ1) is 1.91. The van der Waals surface area contributed by atoms with Crippen LogP contribution in [0.5, 0.6) is 0 Å². The summed E-state index contributed by atoms with van der Waals surface area (Å²) in [5.41, 5.74) is 0. The Bertz CT molecular complexity index is 22.1. The van der Waals surface area contributed by atoms with Gasteiger partial charge in [0.2, 0.25) is 0 Å². The molecule has 27 valence electrons. The van der Waals surface area contributed by atoms with Crippen molar-refractivity contribution in [3.63, 3.8) is 0 Å². The van der Waals surface area contributed by atoms with Gasteiger partial charge in [-0.05, 0) is 0 Å². The fraction of sp³-hybridized carbons (Fsp3) is 0.333. The Hall–Kier alpha value is 0.843. The van der Waals surface area contributed by atoms with E-state index >= 15 is 0 Å². The number of hydrogen-bond donors (Lipinski definition) is 0. The maximum absolute atomic E-state index is 2.12. The second kappa shape index (κ2) is 8.85. The van der Waals surface area contributed by atoms with Gasteiger partial charge in [-0.15, -0.1) is 17.0 Å². The van der Waals surface area contributed by atoms with Gasteiger partial charge in [-0.2, -0.15) is 0 Å². The van der Waals surface area contributed by atoms with Crippen LogP contribution in [-0.2, 0) is 18.3 Å². The van der Waals surface area contributed by atoms with Gasteiger partial charge in [0, 0.05) is 0 Å². The van der Waals surface area contributed by atoms with Crippen LogP contribution in [0.25, 0.3) is 0 Å². The van der Waals surface area contributed by atoms with Gasteiger partial charge < -0.3 is 0 Å². The van der Waals surface area contributed by atoms with Crippen molar-refractivity contribution in [1.82, 2.24) is 0 Å². The molecule has 5 heavy (non-hydrogen) atoms. The van der Waals surface area contributed by atoms with Crippen molar-refractivity contribution < 1.29 is 18.3 Å². The second-order valence-electron chi connectivity index (χ2n) is 0.569. The first-order valence-corrected chi connectivity index (χ1v) is 3.03. The van der Waals surface area contributed by atoms with Crippen molar-refractivity contribution in [3.8, 4) is 0 Å². The minimum absolute atomic E-state index is 0. The van der Waals surface area contributed by atoms with E-state index < -0.39 is 0 Å². The molecule has 2 heteroatoms. The maximum atomic E-state index is 2.12. The van der Waals surface area contributed by atoms with E-state index in [2.05, 4.69) is 10.7 Å². The second-order valence-corrected chi connectivity index (χ2v) is 1.56. The zero-order chi connectivity index (χ0) is 3.41. The van der Waals surface area contributed by atoms with Crippen LogP contribution in [0, 0.1) is 0 Å². The van der Waals surface area contributed by atoms with Gasteiger partial charge in [-0.25, -0.2) is 0 Å². The fourth-order valence-corrected chi connectivity index (χ4v) is 0. The molecule has 0 saturated carbocycles. The van der Waals surface area contributed by atoms with Crippen molar-refractivity contribution in [2.24, 2.45) is 0 Å². The number of halogens is 1. The molecule has 0 nitrogen and oxygen atoms in total. The summed E-state index contributed by atoms with van der Waals surface area (Å²) in [5, 5.41) is 0. The molecule has 0 atom stereocenters. The van der Waals surface area contributed by atoms with Gasteiger partial charge in [-0.1, -0.05) is 0 Å². The summed E-state index contributed by atoms with van der Waals surface area (Å²) < 4.78 is 2.12. The summed E-state index contributed by atoms with van der Waals surface area (Å²) in [6, 6.07) is 0. The van der Waals surface area contributed by atoms with Crippen LogP contribution in [0.3, 0.4) is 0 Å². The third-order valence-corrected chi connectivity index (χ3v) is 1.22. The van der Waals surface area contributed by atoms with Crippen LogP contribution in [0.15, 0.2) is 10.7 Å². The number of allylic oxidation sites excluding steroid dienone is 1. The summed E-state index contributed by atoms with van der Waals surface area (Å²) in [7, 11) is 0. The molecule has 0 N–H and O–H groups in total. The summed E-state index contributed by atoms with van der Waals surface area (Å²) >= 11 is 1.29. The Morgan fingerprint density at radius 3 is 1.80 bits per heavy atom. The molecular weight excluding hydrogens is 181 g/mol. The van der Waals surface area contributed by atoms with E-state index in [1.807, 2.05) is 6.92 Å². The summed E-state index contributed by atoms with van der Waals surface area (Å²) in [6.45, 7) is 2.03. The van der Waals surface area contributed by atoms with Gasteiger partial charge in [0.25, 0.3) is 0 Å². The minimum atomic E-state index is 0. The Balaban J connectivity index is 0. The molecule has 0 aliphatic rings. The van der Waals surface area contributed by atoms with Gasteiger partial charge in [0.1, 0.15) is 0 Å². The predicted molar refractivity (Wildman–Crippen MR) is 25.1 cm³/mol. The molecule has 0 radical (unpaired) electrons. The molecule has 0 rings (SSSR count). The van der Waals surface area contributed by atoms with Crippen LogP contribution in [0.4, 0.5) is 0 Å². The number of hydrogen-bond acceptors (Lipinski definition) is 0. The normalized spacial score (nSPS) is 7.80. The number of rotatable bonds is 0. The third kappa shape index (κ3) is 11.5. The Morgan fingerprint density at radius 1 is 1.60 bits per heavy atom. The summed E-state index contributed by atoms with van der Waals surface area (Å²) in [5.74, 6) is 0. The summed E-state index contributed by atoms with van der Waals surface area (Å²) in [6.07, 6.45) is 2.06. The van der Waals surface area contributed by atoms with Gasteiger partial charge in [-0.3, -0.25) is 0 Å². The van der Waals surface area contributed by atoms with Crippen molar-refractivity contribution >= 4 is 17.0 Å². The van der Waals surface area contributed by atoms with Crippen molar-refractivity contribution in [2.75, 3.05) is 0 Å². The van der Waals surface area contributed by atoms with Gasteiger partial charge >= 0.3 is 36.0 Å². The first kappa shape index (κ1) is 9.28. The average molecular weight is 187 g/mol. The molecule has 0 aromatic carbocycles. The van der Waals surface area contributed by atoms with E-state index in [0.717, 1.165) is 0 Å². The van der Waals surface area contributed by atoms with E-state index in [0.29, 0.717) is 0 Å². The molecule has 0 spiro atoms. The molecule has 0 unspecified atom stereocenters. The molecular formula is C3H6BrZn. The first-order valence-electron chi connectivity index (χ1n) is 1.32. The molecule has 0 heterocycles. The van der Waals surface area contributed by atoms with E-state index in [1.165, 1.54) is 18.3 Å². The van der Waals surface area contributed by atoms with Crippen molar-refractivity contribution in [1.29, 1.82) is 0 Å². The Morgan fingerprint density at radius 2 is 1.80 bits per heavy atom. The molecule has 0 aliphatic heterocycles. The predicted octanol–water partition coefficient (Wildman–Crippen LogP) is 1.64.